The molecule has 0 aliphatic carbocycles. The molecule has 20 heavy (non-hydrogen) atoms. The summed E-state index contributed by atoms with van der Waals surface area (Å²) in [4.78, 5) is 0. The van der Waals surface area contributed by atoms with E-state index in [1.807, 2.05) is 19.9 Å². The summed E-state index contributed by atoms with van der Waals surface area (Å²) in [6.45, 7) is 3.99. The summed E-state index contributed by atoms with van der Waals surface area (Å²) in [5.74, 6) is 1.01. The van der Waals surface area contributed by atoms with Gasteiger partial charge in [-0.3, -0.25) is 0 Å². The van der Waals surface area contributed by atoms with E-state index in [2.05, 4.69) is 10.2 Å². The van der Waals surface area contributed by atoms with Crippen LogP contribution in [0, 0.1) is 11.7 Å². The molecule has 0 aliphatic heterocycles. The Labute approximate surface area is 127 Å². The highest BCUT2D eigenvalue weighted by molar-refractivity contribution is 7.98. The van der Waals surface area contributed by atoms with Crippen molar-refractivity contribution in [1.82, 2.24) is 10.2 Å². The van der Waals surface area contributed by atoms with Crippen molar-refractivity contribution in [2.75, 3.05) is 0 Å². The van der Waals surface area contributed by atoms with Crippen LogP contribution >= 0.6 is 24.2 Å². The van der Waals surface area contributed by atoms with Gasteiger partial charge in [-0.05, 0) is 23.6 Å². The fourth-order valence-electron chi connectivity index (χ4n) is 1.47. The third kappa shape index (κ3) is 4.47. The predicted octanol–water partition coefficient (Wildman–Crippen LogP) is 3.58. The molecular weight excluding hydrogens is 301 g/mol. The van der Waals surface area contributed by atoms with Crippen molar-refractivity contribution in [3.63, 3.8) is 0 Å². The quantitative estimate of drug-likeness (QED) is 0.854. The molecule has 1 unspecified atom stereocenters. The number of rotatable bonds is 5. The van der Waals surface area contributed by atoms with Gasteiger partial charge in [-0.15, -0.1) is 22.6 Å². The Kier molecular flexibility index (Phi) is 6.45. The van der Waals surface area contributed by atoms with Crippen molar-refractivity contribution in [2.24, 2.45) is 11.7 Å². The molecule has 1 atom stereocenters. The molecule has 110 valence electrons. The van der Waals surface area contributed by atoms with Gasteiger partial charge in [0, 0.05) is 5.75 Å². The first-order valence-electron chi connectivity index (χ1n) is 6.02. The topological polar surface area (TPSA) is 64.9 Å². The summed E-state index contributed by atoms with van der Waals surface area (Å²) in [6, 6.07) is 6.19. The summed E-state index contributed by atoms with van der Waals surface area (Å²) < 4.78 is 18.5. The lowest BCUT2D eigenvalue weighted by atomic mass is 10.1. The molecule has 2 rings (SSSR count). The maximum Gasteiger partial charge on any atom is 0.276 e. The van der Waals surface area contributed by atoms with Crippen molar-refractivity contribution in [3.8, 4) is 0 Å². The van der Waals surface area contributed by atoms with Gasteiger partial charge in [-0.1, -0.05) is 37.7 Å². The molecule has 0 saturated heterocycles. The molecule has 0 bridgehead atoms. The van der Waals surface area contributed by atoms with Crippen molar-refractivity contribution >= 4 is 24.2 Å². The maximum absolute atomic E-state index is 13.0. The summed E-state index contributed by atoms with van der Waals surface area (Å²) >= 11 is 1.37. The number of hydrogen-bond donors (Lipinski definition) is 1. The van der Waals surface area contributed by atoms with Gasteiger partial charge in [0.15, 0.2) is 0 Å². The number of hydrogen-bond acceptors (Lipinski definition) is 5. The van der Waals surface area contributed by atoms with Crippen LogP contribution in [0.2, 0.25) is 0 Å². The van der Waals surface area contributed by atoms with Gasteiger partial charge >= 0.3 is 0 Å². The first-order valence-corrected chi connectivity index (χ1v) is 7.01. The molecule has 0 aliphatic rings. The standard InChI is InChI=1S/C13H16FN3OS.ClH/c1-8(2)11(15)12-16-17-13(18-12)19-7-9-4-3-5-10(14)6-9;/h3-6,8,11H,7,15H2,1-2H3;1H. The molecule has 2 aromatic rings. The van der Waals surface area contributed by atoms with Crippen molar-refractivity contribution in [3.05, 3.63) is 41.5 Å². The van der Waals surface area contributed by atoms with Crippen LogP contribution in [0.4, 0.5) is 4.39 Å². The zero-order chi connectivity index (χ0) is 13.8. The van der Waals surface area contributed by atoms with Crippen molar-refractivity contribution in [2.45, 2.75) is 30.9 Å². The summed E-state index contributed by atoms with van der Waals surface area (Å²) in [5, 5.41) is 8.31. The molecule has 2 N–H and O–H groups in total. The molecule has 4 nitrogen and oxygen atoms in total. The molecule has 1 heterocycles. The van der Waals surface area contributed by atoms with E-state index in [9.17, 15) is 4.39 Å². The first-order chi connectivity index (χ1) is 9.06. The second-order valence-electron chi connectivity index (χ2n) is 4.59. The summed E-state index contributed by atoms with van der Waals surface area (Å²) in [7, 11) is 0. The Hall–Kier alpha value is -1.11. The minimum absolute atomic E-state index is 0. The largest absolute Gasteiger partial charge is 0.414 e. The van der Waals surface area contributed by atoms with Gasteiger partial charge in [0.05, 0.1) is 6.04 Å². The van der Waals surface area contributed by atoms with E-state index in [1.165, 1.54) is 23.9 Å². The van der Waals surface area contributed by atoms with E-state index < -0.39 is 0 Å². The summed E-state index contributed by atoms with van der Waals surface area (Å²) in [6.07, 6.45) is 0. The Morgan fingerprint density at radius 2 is 2.10 bits per heavy atom. The molecule has 7 heteroatoms. The molecule has 1 aromatic heterocycles. The minimum Gasteiger partial charge on any atom is -0.414 e. The minimum atomic E-state index is -0.254. The lowest BCUT2D eigenvalue weighted by Crippen LogP contribution is -2.16. The Morgan fingerprint density at radius 3 is 2.75 bits per heavy atom. The predicted molar refractivity (Wildman–Crippen MR) is 79.3 cm³/mol. The lowest BCUT2D eigenvalue weighted by molar-refractivity contribution is 0.349. The molecule has 0 radical (unpaired) electrons. The van der Waals surface area contributed by atoms with E-state index in [1.54, 1.807) is 6.07 Å². The monoisotopic (exact) mass is 317 g/mol. The maximum atomic E-state index is 13.0. The molecule has 0 saturated carbocycles. The highest BCUT2D eigenvalue weighted by atomic mass is 35.5. The fourth-order valence-corrected chi connectivity index (χ4v) is 2.18. The van der Waals surface area contributed by atoms with Gasteiger partial charge in [-0.25, -0.2) is 4.39 Å². The third-order valence-electron chi connectivity index (χ3n) is 2.68. The molecule has 0 amide bonds. The van der Waals surface area contributed by atoms with Crippen LogP contribution in [0.3, 0.4) is 0 Å². The van der Waals surface area contributed by atoms with E-state index in [-0.39, 0.29) is 30.2 Å². The smallest absolute Gasteiger partial charge is 0.276 e. The van der Waals surface area contributed by atoms with Crippen LogP contribution < -0.4 is 5.73 Å². The van der Waals surface area contributed by atoms with Gasteiger partial charge in [0.1, 0.15) is 5.82 Å². The van der Waals surface area contributed by atoms with E-state index >= 15 is 0 Å². The number of nitrogens with two attached hydrogens (primary N) is 1. The zero-order valence-corrected chi connectivity index (χ0v) is 12.9. The first kappa shape index (κ1) is 16.9. The van der Waals surface area contributed by atoms with Crippen molar-refractivity contribution in [1.29, 1.82) is 0 Å². The molecule has 0 fully saturated rings. The zero-order valence-electron chi connectivity index (χ0n) is 11.2. The van der Waals surface area contributed by atoms with E-state index in [0.717, 1.165) is 5.56 Å². The lowest BCUT2D eigenvalue weighted by Gasteiger charge is -2.09. The number of benzene rings is 1. The van der Waals surface area contributed by atoms with Crippen molar-refractivity contribution < 1.29 is 8.81 Å². The highest BCUT2D eigenvalue weighted by Crippen LogP contribution is 2.25. The average Bonchev–Trinajstić information content (AvgIpc) is 2.84. The fraction of sp³-hybridized carbons (Fsp3) is 0.385. The highest BCUT2D eigenvalue weighted by Gasteiger charge is 2.17. The van der Waals surface area contributed by atoms with Crippen LogP contribution in [-0.4, -0.2) is 10.2 Å². The van der Waals surface area contributed by atoms with Crippen LogP contribution in [0.1, 0.15) is 31.3 Å². The molecule has 1 aromatic carbocycles. The Morgan fingerprint density at radius 1 is 1.35 bits per heavy atom. The van der Waals surface area contributed by atoms with Gasteiger partial charge in [0.25, 0.3) is 5.22 Å². The van der Waals surface area contributed by atoms with E-state index in [4.69, 9.17) is 10.2 Å². The Balaban J connectivity index is 0.00000200. The van der Waals surface area contributed by atoms with Gasteiger partial charge in [0.2, 0.25) is 5.89 Å². The third-order valence-corrected chi connectivity index (χ3v) is 3.57. The van der Waals surface area contributed by atoms with Crippen LogP contribution in [0.25, 0.3) is 0 Å². The SMILES string of the molecule is CC(C)C(N)c1nnc(SCc2cccc(F)c2)o1.Cl. The molecular formula is C13H17ClFN3OS. The van der Waals surface area contributed by atoms with Crippen LogP contribution in [0.5, 0.6) is 0 Å². The van der Waals surface area contributed by atoms with Crippen LogP contribution in [-0.2, 0) is 5.75 Å². The van der Waals surface area contributed by atoms with Crippen LogP contribution in [0.15, 0.2) is 33.9 Å². The summed E-state index contributed by atoms with van der Waals surface area (Å²) in [5.41, 5.74) is 6.80. The number of nitrogens with zero attached hydrogens (tertiary/aromatic N) is 2. The second-order valence-corrected chi connectivity index (χ2v) is 5.52. The normalized spacial score (nSPS) is 12.2. The average molecular weight is 318 g/mol. The Bertz CT molecular complexity index is 550. The van der Waals surface area contributed by atoms with Gasteiger partial charge < -0.3 is 10.2 Å². The van der Waals surface area contributed by atoms with Gasteiger partial charge in [-0.2, -0.15) is 0 Å². The number of aromatic nitrogens is 2. The number of halogens is 2. The van der Waals surface area contributed by atoms with E-state index in [0.29, 0.717) is 16.9 Å². The second kappa shape index (κ2) is 7.61. The number of thioether (sulfide) groups is 1. The molecule has 0 spiro atoms.